The van der Waals surface area contributed by atoms with E-state index in [0.717, 1.165) is 7.89 Å². The summed E-state index contributed by atoms with van der Waals surface area (Å²) >= 11 is 3.49. The fourth-order valence-corrected chi connectivity index (χ4v) is 2.59. The molecule has 6 heteroatoms. The van der Waals surface area contributed by atoms with Crippen LogP contribution in [-0.2, 0) is 16.1 Å². The van der Waals surface area contributed by atoms with Gasteiger partial charge in [-0.2, -0.15) is 0 Å². The van der Waals surface area contributed by atoms with Crippen molar-refractivity contribution in [3.63, 3.8) is 0 Å². The van der Waals surface area contributed by atoms with Crippen LogP contribution >= 0.6 is 33.9 Å². The number of rotatable bonds is 3. The van der Waals surface area contributed by atoms with Gasteiger partial charge in [0.1, 0.15) is 0 Å². The Balaban J connectivity index is 2.96. The number of carbonyl (C=O) groups excluding carboxylic acids is 1. The summed E-state index contributed by atoms with van der Waals surface area (Å²) in [5.74, 6) is -0.411. The molecule has 0 aliphatic carbocycles. The summed E-state index contributed by atoms with van der Waals surface area (Å²) in [6.07, 6.45) is 0. The van der Waals surface area contributed by atoms with Crippen LogP contribution in [0.25, 0.3) is 0 Å². The molecule has 0 spiro atoms. The summed E-state index contributed by atoms with van der Waals surface area (Å²) in [6, 6.07) is 0. The fraction of sp³-hybridized carbons (Fsp3) is 0.429. The molecule has 1 heterocycles. The molecule has 4 nitrogen and oxygen atoms in total. The Bertz CT molecular complexity index is 313. The zero-order valence-corrected chi connectivity index (χ0v) is 10.1. The Labute approximate surface area is 93.4 Å². The summed E-state index contributed by atoms with van der Waals surface area (Å²) in [6.45, 7) is 0.394. The third-order valence-electron chi connectivity index (χ3n) is 1.33. The zero-order valence-electron chi connectivity index (χ0n) is 7.17. The summed E-state index contributed by atoms with van der Waals surface area (Å²) < 4.78 is 10.3. The highest BCUT2D eigenvalue weighted by Gasteiger charge is 2.17. The van der Waals surface area contributed by atoms with Crippen molar-refractivity contribution in [2.75, 3.05) is 14.2 Å². The molecule has 0 amide bonds. The van der Waals surface area contributed by atoms with Gasteiger partial charge in [-0.3, -0.25) is 0 Å². The second kappa shape index (κ2) is 4.87. The number of ether oxygens (including phenoxy) is 2. The van der Waals surface area contributed by atoms with Crippen molar-refractivity contribution in [1.82, 2.24) is 4.98 Å². The maximum atomic E-state index is 11.2. The van der Waals surface area contributed by atoms with E-state index >= 15 is 0 Å². The Kier molecular flexibility index (Phi) is 4.07. The van der Waals surface area contributed by atoms with Gasteiger partial charge >= 0.3 is 5.97 Å². The highest BCUT2D eigenvalue weighted by atomic mass is 127. The Morgan fingerprint density at radius 3 is 2.85 bits per heavy atom. The molecule has 0 bridgehead atoms. The van der Waals surface area contributed by atoms with Crippen LogP contribution in [0.2, 0.25) is 0 Å². The van der Waals surface area contributed by atoms with Crippen molar-refractivity contribution in [2.24, 2.45) is 0 Å². The van der Waals surface area contributed by atoms with Gasteiger partial charge in [0.2, 0.25) is 0 Å². The normalized spacial score (nSPS) is 10.1. The number of esters is 1. The third kappa shape index (κ3) is 2.61. The van der Waals surface area contributed by atoms with E-state index in [1.54, 1.807) is 7.11 Å². The number of halogens is 1. The van der Waals surface area contributed by atoms with Gasteiger partial charge in [0.15, 0.2) is 8.71 Å². The van der Waals surface area contributed by atoms with Gasteiger partial charge in [-0.05, 0) is 22.6 Å². The third-order valence-corrected chi connectivity index (χ3v) is 3.04. The number of carbonyl (C=O) groups is 1. The van der Waals surface area contributed by atoms with Crippen LogP contribution in [0.15, 0.2) is 0 Å². The Hall–Kier alpha value is -0.210. The first kappa shape index (κ1) is 10.9. The van der Waals surface area contributed by atoms with E-state index < -0.39 is 5.97 Å². The maximum absolute atomic E-state index is 11.2. The van der Waals surface area contributed by atoms with E-state index in [4.69, 9.17) is 4.74 Å². The van der Waals surface area contributed by atoms with Crippen LogP contribution < -0.4 is 0 Å². The van der Waals surface area contributed by atoms with Crippen LogP contribution in [0, 0.1) is 3.01 Å². The molecular weight excluding hydrogens is 305 g/mol. The molecule has 0 radical (unpaired) electrons. The minimum atomic E-state index is -0.411. The van der Waals surface area contributed by atoms with Gasteiger partial charge < -0.3 is 9.47 Å². The summed E-state index contributed by atoms with van der Waals surface area (Å²) in [5, 5.41) is 0. The van der Waals surface area contributed by atoms with E-state index in [1.165, 1.54) is 18.4 Å². The lowest BCUT2D eigenvalue weighted by molar-refractivity contribution is 0.0590. The maximum Gasteiger partial charge on any atom is 0.357 e. The Morgan fingerprint density at radius 2 is 2.31 bits per heavy atom. The SMILES string of the molecule is COCc1sc(I)nc1C(=O)OC. The smallest absolute Gasteiger partial charge is 0.357 e. The van der Waals surface area contributed by atoms with E-state index in [2.05, 4.69) is 32.3 Å². The lowest BCUT2D eigenvalue weighted by Gasteiger charge is -1.97. The van der Waals surface area contributed by atoms with Crippen LogP contribution in [0.4, 0.5) is 0 Å². The molecule has 1 aromatic rings. The van der Waals surface area contributed by atoms with Gasteiger partial charge in [0.25, 0.3) is 0 Å². The summed E-state index contributed by atoms with van der Waals surface area (Å²) in [5.41, 5.74) is 0.360. The van der Waals surface area contributed by atoms with Crippen molar-refractivity contribution in [3.8, 4) is 0 Å². The molecule has 0 atom stereocenters. The minimum Gasteiger partial charge on any atom is -0.464 e. The van der Waals surface area contributed by atoms with Crippen LogP contribution in [0.5, 0.6) is 0 Å². The molecule has 72 valence electrons. The van der Waals surface area contributed by atoms with Crippen molar-refractivity contribution in [2.45, 2.75) is 6.61 Å². The van der Waals surface area contributed by atoms with Crippen molar-refractivity contribution in [1.29, 1.82) is 0 Å². The second-order valence-corrected chi connectivity index (χ2v) is 5.00. The molecule has 1 aromatic heterocycles. The van der Waals surface area contributed by atoms with E-state index in [9.17, 15) is 4.79 Å². The number of hydrogen-bond acceptors (Lipinski definition) is 5. The highest BCUT2D eigenvalue weighted by Crippen LogP contribution is 2.21. The lowest BCUT2D eigenvalue weighted by atomic mass is 10.4. The van der Waals surface area contributed by atoms with Gasteiger partial charge in [-0.1, -0.05) is 0 Å². The number of thiazole rings is 1. The number of hydrogen-bond donors (Lipinski definition) is 0. The van der Waals surface area contributed by atoms with Crippen molar-refractivity contribution in [3.05, 3.63) is 13.6 Å². The predicted molar refractivity (Wildman–Crippen MR) is 56.9 cm³/mol. The standard InChI is InChI=1S/C7H8INO3S/c1-11-3-4-5(6(10)12-2)9-7(8)13-4/h3H2,1-2H3. The fourth-order valence-electron chi connectivity index (χ4n) is 0.808. The molecular formula is C7H8INO3S. The lowest BCUT2D eigenvalue weighted by Crippen LogP contribution is -2.05. The first-order valence-corrected chi connectivity index (χ1v) is 5.31. The van der Waals surface area contributed by atoms with Crippen molar-refractivity contribution >= 4 is 39.9 Å². The first-order chi connectivity index (χ1) is 6.19. The van der Waals surface area contributed by atoms with E-state index in [0.29, 0.717) is 12.3 Å². The largest absolute Gasteiger partial charge is 0.464 e. The Morgan fingerprint density at radius 1 is 1.62 bits per heavy atom. The minimum absolute atomic E-state index is 0.360. The molecule has 0 saturated heterocycles. The molecule has 1 rings (SSSR count). The average molecular weight is 313 g/mol. The molecule has 0 aliphatic heterocycles. The van der Waals surface area contributed by atoms with Gasteiger partial charge in [-0.15, -0.1) is 11.3 Å². The summed E-state index contributed by atoms with van der Waals surface area (Å²) in [7, 11) is 2.92. The average Bonchev–Trinajstić information content (AvgIpc) is 2.46. The molecule has 0 aliphatic rings. The zero-order chi connectivity index (χ0) is 9.84. The van der Waals surface area contributed by atoms with Crippen LogP contribution in [-0.4, -0.2) is 25.2 Å². The molecule has 0 N–H and O–H groups in total. The topological polar surface area (TPSA) is 48.4 Å². The van der Waals surface area contributed by atoms with Gasteiger partial charge in [-0.25, -0.2) is 9.78 Å². The summed E-state index contributed by atoms with van der Waals surface area (Å²) in [4.78, 5) is 16.0. The number of nitrogens with zero attached hydrogens (tertiary/aromatic N) is 1. The van der Waals surface area contributed by atoms with Crippen molar-refractivity contribution < 1.29 is 14.3 Å². The second-order valence-electron chi connectivity index (χ2n) is 2.16. The number of methoxy groups -OCH3 is 2. The highest BCUT2D eigenvalue weighted by molar-refractivity contribution is 14.1. The first-order valence-electron chi connectivity index (χ1n) is 3.41. The molecule has 13 heavy (non-hydrogen) atoms. The van der Waals surface area contributed by atoms with E-state index in [1.807, 2.05) is 0 Å². The van der Waals surface area contributed by atoms with Crippen LogP contribution in [0.1, 0.15) is 15.4 Å². The number of aromatic nitrogens is 1. The monoisotopic (exact) mass is 313 g/mol. The molecule has 0 saturated carbocycles. The van der Waals surface area contributed by atoms with Gasteiger partial charge in [0, 0.05) is 7.11 Å². The molecule has 0 fully saturated rings. The molecule has 0 unspecified atom stereocenters. The quantitative estimate of drug-likeness (QED) is 0.629. The van der Waals surface area contributed by atoms with E-state index in [-0.39, 0.29) is 0 Å². The van der Waals surface area contributed by atoms with Crippen LogP contribution in [0.3, 0.4) is 0 Å². The molecule has 0 aromatic carbocycles. The predicted octanol–water partition coefficient (Wildman–Crippen LogP) is 1.68. The van der Waals surface area contributed by atoms with Gasteiger partial charge in [0.05, 0.1) is 18.6 Å².